The summed E-state index contributed by atoms with van der Waals surface area (Å²) < 4.78 is 5.01. The first-order chi connectivity index (χ1) is 9.86. The number of nitrogens with one attached hydrogen (secondary N) is 2. The number of esters is 1. The zero-order chi connectivity index (χ0) is 16.0. The highest BCUT2D eigenvalue weighted by Gasteiger charge is 2.22. The number of ether oxygens (including phenoxy) is 1. The Hall–Kier alpha value is -1.89. The molecule has 1 rings (SSSR count). The van der Waals surface area contributed by atoms with Crippen LogP contribution >= 0.6 is 11.3 Å². The lowest BCUT2D eigenvalue weighted by molar-refractivity contribution is -0.124. The van der Waals surface area contributed by atoms with Gasteiger partial charge < -0.3 is 15.4 Å². The summed E-state index contributed by atoms with van der Waals surface area (Å²) in [5, 5.41) is 5.69. The van der Waals surface area contributed by atoms with E-state index in [2.05, 4.69) is 10.6 Å². The van der Waals surface area contributed by atoms with Gasteiger partial charge in [-0.3, -0.25) is 9.59 Å². The SMILES string of the molecule is CCCNC(=O)COC(=O)c1c(NC(C)=O)sc(C)c1C. The van der Waals surface area contributed by atoms with E-state index >= 15 is 0 Å². The largest absolute Gasteiger partial charge is 0.452 e. The zero-order valence-corrected chi connectivity index (χ0v) is 13.5. The van der Waals surface area contributed by atoms with E-state index in [9.17, 15) is 14.4 Å². The van der Waals surface area contributed by atoms with Gasteiger partial charge in [-0.25, -0.2) is 4.79 Å². The summed E-state index contributed by atoms with van der Waals surface area (Å²) in [5.74, 6) is -1.20. The van der Waals surface area contributed by atoms with Crippen LogP contribution in [0.1, 0.15) is 41.1 Å². The third-order valence-electron chi connectivity index (χ3n) is 2.79. The average Bonchev–Trinajstić information content (AvgIpc) is 2.68. The second-order valence-electron chi connectivity index (χ2n) is 4.59. The Labute approximate surface area is 127 Å². The highest BCUT2D eigenvalue weighted by Crippen LogP contribution is 2.32. The van der Waals surface area contributed by atoms with Crippen molar-refractivity contribution < 1.29 is 19.1 Å². The Morgan fingerprint density at radius 3 is 2.48 bits per heavy atom. The molecule has 2 amide bonds. The molecule has 21 heavy (non-hydrogen) atoms. The first-order valence-electron chi connectivity index (χ1n) is 6.68. The molecule has 0 saturated heterocycles. The summed E-state index contributed by atoms with van der Waals surface area (Å²) in [5.41, 5.74) is 1.07. The zero-order valence-electron chi connectivity index (χ0n) is 12.7. The fraction of sp³-hybridized carbons (Fsp3) is 0.500. The van der Waals surface area contributed by atoms with Crippen molar-refractivity contribution >= 4 is 34.1 Å². The Kier molecular flexibility index (Phi) is 6.36. The lowest BCUT2D eigenvalue weighted by Crippen LogP contribution is -2.29. The molecule has 2 N–H and O–H groups in total. The maximum atomic E-state index is 12.1. The van der Waals surface area contributed by atoms with Crippen molar-refractivity contribution in [3.63, 3.8) is 0 Å². The molecule has 6 nitrogen and oxygen atoms in total. The molecule has 0 aliphatic heterocycles. The Morgan fingerprint density at radius 2 is 1.90 bits per heavy atom. The van der Waals surface area contributed by atoms with Gasteiger partial charge in [0.2, 0.25) is 5.91 Å². The van der Waals surface area contributed by atoms with Crippen LogP contribution in [0.15, 0.2) is 0 Å². The van der Waals surface area contributed by atoms with Crippen molar-refractivity contribution in [1.29, 1.82) is 0 Å². The predicted molar refractivity (Wildman–Crippen MR) is 81.7 cm³/mol. The minimum Gasteiger partial charge on any atom is -0.452 e. The number of rotatable bonds is 6. The number of hydrogen-bond acceptors (Lipinski definition) is 5. The van der Waals surface area contributed by atoms with Gasteiger partial charge in [0.15, 0.2) is 6.61 Å². The number of amides is 2. The topological polar surface area (TPSA) is 84.5 Å². The van der Waals surface area contributed by atoms with Gasteiger partial charge in [-0.1, -0.05) is 6.92 Å². The van der Waals surface area contributed by atoms with Crippen LogP contribution in [0.3, 0.4) is 0 Å². The normalized spacial score (nSPS) is 10.1. The van der Waals surface area contributed by atoms with Gasteiger partial charge in [0.25, 0.3) is 5.91 Å². The average molecular weight is 312 g/mol. The Bertz CT molecular complexity index is 551. The molecule has 0 atom stereocenters. The molecule has 0 unspecified atom stereocenters. The van der Waals surface area contributed by atoms with Crippen molar-refractivity contribution in [3.8, 4) is 0 Å². The number of thiophene rings is 1. The van der Waals surface area contributed by atoms with Gasteiger partial charge >= 0.3 is 5.97 Å². The van der Waals surface area contributed by atoms with Crippen LogP contribution < -0.4 is 10.6 Å². The van der Waals surface area contributed by atoms with Crippen molar-refractivity contribution in [1.82, 2.24) is 5.32 Å². The standard InChI is InChI=1S/C14H20N2O4S/c1-5-6-15-11(18)7-20-14(19)12-8(2)9(3)21-13(12)16-10(4)17/h5-7H2,1-4H3,(H,15,18)(H,16,17). The lowest BCUT2D eigenvalue weighted by Gasteiger charge is -2.07. The molecule has 0 radical (unpaired) electrons. The van der Waals surface area contributed by atoms with Gasteiger partial charge in [0.1, 0.15) is 5.00 Å². The van der Waals surface area contributed by atoms with E-state index in [1.165, 1.54) is 18.3 Å². The first kappa shape index (κ1) is 17.2. The summed E-state index contributed by atoms with van der Waals surface area (Å²) in [4.78, 5) is 35.6. The monoisotopic (exact) mass is 312 g/mol. The van der Waals surface area contributed by atoms with Crippen LogP contribution in [0.4, 0.5) is 5.00 Å². The van der Waals surface area contributed by atoms with Crippen LogP contribution in [0.25, 0.3) is 0 Å². The quantitative estimate of drug-likeness (QED) is 0.787. The van der Waals surface area contributed by atoms with Crippen LogP contribution in [0.2, 0.25) is 0 Å². The fourth-order valence-electron chi connectivity index (χ4n) is 1.64. The number of carbonyl (C=O) groups excluding carboxylic acids is 3. The van der Waals surface area contributed by atoms with Gasteiger partial charge in [0.05, 0.1) is 5.56 Å². The first-order valence-corrected chi connectivity index (χ1v) is 7.49. The number of hydrogen-bond donors (Lipinski definition) is 2. The molecule has 0 aliphatic carbocycles. The fourth-order valence-corrected chi connectivity index (χ4v) is 2.73. The minimum atomic E-state index is -0.604. The molecular weight excluding hydrogens is 292 g/mol. The molecule has 0 bridgehead atoms. The molecule has 0 saturated carbocycles. The third kappa shape index (κ3) is 4.86. The maximum Gasteiger partial charge on any atom is 0.341 e. The van der Waals surface area contributed by atoms with Crippen molar-refractivity contribution in [2.45, 2.75) is 34.1 Å². The molecule has 1 aromatic rings. The van der Waals surface area contributed by atoms with Crippen molar-refractivity contribution in [2.75, 3.05) is 18.5 Å². The summed E-state index contributed by atoms with van der Waals surface area (Å²) in [6.45, 7) is 7.17. The lowest BCUT2D eigenvalue weighted by atomic mass is 10.1. The summed E-state index contributed by atoms with van der Waals surface area (Å²) >= 11 is 1.31. The molecular formula is C14H20N2O4S. The van der Waals surface area contributed by atoms with E-state index < -0.39 is 5.97 Å². The molecule has 0 fully saturated rings. The summed E-state index contributed by atoms with van der Waals surface area (Å²) in [7, 11) is 0. The smallest absolute Gasteiger partial charge is 0.341 e. The molecule has 7 heteroatoms. The van der Waals surface area contributed by atoms with Crippen molar-refractivity contribution in [2.24, 2.45) is 0 Å². The second kappa shape index (κ2) is 7.78. The summed E-state index contributed by atoms with van der Waals surface area (Å²) in [6, 6.07) is 0. The van der Waals surface area contributed by atoms with E-state index in [1.54, 1.807) is 6.92 Å². The second-order valence-corrected chi connectivity index (χ2v) is 5.82. The van der Waals surface area contributed by atoms with Gasteiger partial charge in [-0.05, 0) is 25.8 Å². The van der Waals surface area contributed by atoms with E-state index in [-0.39, 0.29) is 18.4 Å². The van der Waals surface area contributed by atoms with Gasteiger partial charge in [-0.2, -0.15) is 0 Å². The molecule has 0 aliphatic rings. The molecule has 0 aromatic carbocycles. The maximum absolute atomic E-state index is 12.1. The highest BCUT2D eigenvalue weighted by molar-refractivity contribution is 7.16. The molecule has 0 spiro atoms. The van der Waals surface area contributed by atoms with Crippen LogP contribution in [0, 0.1) is 13.8 Å². The van der Waals surface area contributed by atoms with Crippen LogP contribution in [-0.4, -0.2) is 30.9 Å². The summed E-state index contributed by atoms with van der Waals surface area (Å²) in [6.07, 6.45) is 0.815. The van der Waals surface area contributed by atoms with E-state index in [4.69, 9.17) is 4.74 Å². The molecule has 116 valence electrons. The van der Waals surface area contributed by atoms with E-state index in [0.29, 0.717) is 17.1 Å². The van der Waals surface area contributed by atoms with E-state index in [1.807, 2.05) is 13.8 Å². The Balaban J connectivity index is 2.77. The predicted octanol–water partition coefficient (Wildman–Crippen LogP) is 2.01. The number of anilines is 1. The number of aryl methyl sites for hydroxylation is 1. The highest BCUT2D eigenvalue weighted by atomic mass is 32.1. The van der Waals surface area contributed by atoms with Crippen LogP contribution in [0.5, 0.6) is 0 Å². The Morgan fingerprint density at radius 1 is 1.24 bits per heavy atom. The third-order valence-corrected chi connectivity index (χ3v) is 3.91. The van der Waals surface area contributed by atoms with Crippen molar-refractivity contribution in [3.05, 3.63) is 16.0 Å². The van der Waals surface area contributed by atoms with Crippen LogP contribution in [-0.2, 0) is 14.3 Å². The van der Waals surface area contributed by atoms with E-state index in [0.717, 1.165) is 16.9 Å². The van der Waals surface area contributed by atoms with Gasteiger partial charge in [-0.15, -0.1) is 11.3 Å². The number of carbonyl (C=O) groups is 3. The van der Waals surface area contributed by atoms with Gasteiger partial charge in [0, 0.05) is 18.3 Å². The molecule has 1 heterocycles. The minimum absolute atomic E-state index is 0.258. The molecule has 1 aromatic heterocycles.